The minimum absolute atomic E-state index is 0.306. The van der Waals surface area contributed by atoms with Gasteiger partial charge in [0.25, 0.3) is 0 Å². The van der Waals surface area contributed by atoms with Crippen LogP contribution in [0.25, 0.3) is 0 Å². The van der Waals surface area contributed by atoms with Crippen LogP contribution in [0.4, 0.5) is 5.82 Å². The molecule has 0 saturated heterocycles. The average molecular weight is 233 g/mol. The lowest BCUT2D eigenvalue weighted by Gasteiger charge is -2.12. The molecule has 0 aromatic carbocycles. The molecular weight excluding hydrogens is 224 g/mol. The monoisotopic (exact) mass is 232 g/mol. The van der Waals surface area contributed by atoms with Gasteiger partial charge in [-0.15, -0.1) is 10.2 Å². The fourth-order valence-corrected chi connectivity index (χ4v) is 1.04. The van der Waals surface area contributed by atoms with Gasteiger partial charge in [0.05, 0.1) is 5.57 Å². The highest BCUT2D eigenvalue weighted by atomic mass is 35.5. The molecule has 16 heavy (non-hydrogen) atoms. The molecule has 1 heterocycles. The van der Waals surface area contributed by atoms with Gasteiger partial charge in [-0.25, -0.2) is 0 Å². The molecule has 1 rings (SSSR count). The van der Waals surface area contributed by atoms with Gasteiger partial charge in [-0.05, 0) is 12.1 Å². The summed E-state index contributed by atoms with van der Waals surface area (Å²) in [7, 11) is 0. The molecule has 1 aromatic heterocycles. The van der Waals surface area contributed by atoms with E-state index in [1.165, 1.54) is 12.3 Å². The molecule has 0 radical (unpaired) electrons. The molecule has 0 spiro atoms. The smallest absolute Gasteiger partial charge is 0.159 e. The molecule has 0 amide bonds. The van der Waals surface area contributed by atoms with Crippen LogP contribution in [0, 0.1) is 11.3 Å². The topological polar surface area (TPSA) is 52.8 Å². The van der Waals surface area contributed by atoms with Crippen LogP contribution in [-0.2, 0) is 0 Å². The second kappa shape index (κ2) is 5.69. The number of hydrogen-bond acceptors (Lipinski definition) is 4. The molecule has 0 unspecified atom stereocenters. The lowest BCUT2D eigenvalue weighted by molar-refractivity contribution is 1.00. The Morgan fingerprint density at radius 3 is 2.62 bits per heavy atom. The Hall–Kier alpha value is -2.12. The van der Waals surface area contributed by atoms with Gasteiger partial charge in [-0.2, -0.15) is 5.26 Å². The van der Waals surface area contributed by atoms with Crippen LogP contribution in [0.2, 0.25) is 5.15 Å². The number of rotatable bonds is 4. The molecule has 0 saturated carbocycles. The molecule has 0 aliphatic heterocycles. The molecule has 0 atom stereocenters. The summed E-state index contributed by atoms with van der Waals surface area (Å²) in [6.07, 6.45) is 4.51. The third kappa shape index (κ3) is 2.94. The van der Waals surface area contributed by atoms with Crippen LogP contribution in [-0.4, -0.2) is 10.2 Å². The van der Waals surface area contributed by atoms with Gasteiger partial charge in [0.2, 0.25) is 0 Å². The van der Waals surface area contributed by atoms with Crippen molar-refractivity contribution in [1.82, 2.24) is 10.2 Å². The third-order valence-corrected chi connectivity index (χ3v) is 1.91. The quantitative estimate of drug-likeness (QED) is 0.592. The summed E-state index contributed by atoms with van der Waals surface area (Å²) >= 11 is 5.62. The number of hydrogen-bond donors (Lipinski definition) is 0. The lowest BCUT2D eigenvalue weighted by atomic mass is 10.3. The second-order valence-electron chi connectivity index (χ2n) is 2.70. The number of allylic oxidation sites excluding steroid dienone is 2. The maximum Gasteiger partial charge on any atom is 0.159 e. The van der Waals surface area contributed by atoms with E-state index < -0.39 is 0 Å². The zero-order chi connectivity index (χ0) is 12.0. The van der Waals surface area contributed by atoms with Crippen LogP contribution in [0.3, 0.4) is 0 Å². The highest BCUT2D eigenvalue weighted by Crippen LogP contribution is 2.13. The van der Waals surface area contributed by atoms with E-state index in [0.717, 1.165) is 0 Å². The fraction of sp³-hybridized carbons (Fsp3) is 0. The van der Waals surface area contributed by atoms with Crippen LogP contribution < -0.4 is 4.90 Å². The van der Waals surface area contributed by atoms with Crippen molar-refractivity contribution in [3.63, 3.8) is 0 Å². The van der Waals surface area contributed by atoms with Gasteiger partial charge in [-0.1, -0.05) is 30.8 Å². The van der Waals surface area contributed by atoms with E-state index in [-0.39, 0.29) is 0 Å². The molecule has 1 aromatic rings. The SMILES string of the molecule is C=C/C(C#N)=C\N(C=C)c1ccc(Cl)nn1. The normalized spacial score (nSPS) is 10.4. The zero-order valence-corrected chi connectivity index (χ0v) is 9.22. The summed E-state index contributed by atoms with van der Waals surface area (Å²) in [5.41, 5.74) is 0.400. The second-order valence-corrected chi connectivity index (χ2v) is 3.09. The highest BCUT2D eigenvalue weighted by Gasteiger charge is 2.02. The molecule has 0 fully saturated rings. The van der Waals surface area contributed by atoms with E-state index in [4.69, 9.17) is 16.9 Å². The maximum absolute atomic E-state index is 8.75. The van der Waals surface area contributed by atoms with E-state index in [1.54, 1.807) is 23.2 Å². The number of anilines is 1. The first-order chi connectivity index (χ1) is 7.71. The average Bonchev–Trinajstić information content (AvgIpc) is 2.32. The Kier molecular flexibility index (Phi) is 4.25. The van der Waals surface area contributed by atoms with E-state index in [0.29, 0.717) is 16.5 Å². The van der Waals surface area contributed by atoms with Gasteiger partial charge in [-0.3, -0.25) is 0 Å². The first kappa shape index (κ1) is 12.0. The van der Waals surface area contributed by atoms with Gasteiger partial charge >= 0.3 is 0 Å². The molecule has 0 aliphatic carbocycles. The molecule has 80 valence electrons. The maximum atomic E-state index is 8.75. The van der Waals surface area contributed by atoms with E-state index in [2.05, 4.69) is 23.4 Å². The van der Waals surface area contributed by atoms with Gasteiger partial charge in [0.1, 0.15) is 6.07 Å². The Morgan fingerprint density at radius 2 is 2.19 bits per heavy atom. The van der Waals surface area contributed by atoms with Crippen LogP contribution >= 0.6 is 11.6 Å². The van der Waals surface area contributed by atoms with Crippen molar-refractivity contribution < 1.29 is 0 Å². The van der Waals surface area contributed by atoms with Gasteiger partial charge in [0, 0.05) is 12.4 Å². The fourth-order valence-electron chi connectivity index (χ4n) is 0.936. The van der Waals surface area contributed by atoms with Crippen LogP contribution in [0.15, 0.2) is 49.3 Å². The van der Waals surface area contributed by atoms with Crippen molar-refractivity contribution >= 4 is 17.4 Å². The molecule has 4 nitrogen and oxygen atoms in total. The van der Waals surface area contributed by atoms with E-state index in [9.17, 15) is 0 Å². The largest absolute Gasteiger partial charge is 0.306 e. The van der Waals surface area contributed by atoms with E-state index >= 15 is 0 Å². The molecule has 0 N–H and O–H groups in total. The first-order valence-electron chi connectivity index (χ1n) is 4.35. The third-order valence-electron chi connectivity index (χ3n) is 1.71. The van der Waals surface area contributed by atoms with Crippen molar-refractivity contribution in [1.29, 1.82) is 5.26 Å². The van der Waals surface area contributed by atoms with Gasteiger partial charge < -0.3 is 4.90 Å². The number of aromatic nitrogens is 2. The summed E-state index contributed by atoms with van der Waals surface area (Å²) in [6.45, 7) is 7.14. The minimum Gasteiger partial charge on any atom is -0.306 e. The lowest BCUT2D eigenvalue weighted by Crippen LogP contribution is -2.09. The van der Waals surface area contributed by atoms with Crippen molar-refractivity contribution in [2.24, 2.45) is 0 Å². The standard InChI is InChI=1S/C11H9ClN4/c1-3-9(7-13)8-16(4-2)11-6-5-10(12)14-15-11/h3-6,8H,1-2H2/b9-8+. The van der Waals surface area contributed by atoms with Gasteiger partial charge in [0.15, 0.2) is 11.0 Å². The summed E-state index contributed by atoms with van der Waals surface area (Å²) in [5, 5.41) is 16.6. The van der Waals surface area contributed by atoms with Crippen LogP contribution in [0.5, 0.6) is 0 Å². The van der Waals surface area contributed by atoms with Crippen LogP contribution in [0.1, 0.15) is 0 Å². The predicted octanol–water partition coefficient (Wildman–Crippen LogP) is 2.67. The number of halogens is 1. The number of nitrogens with zero attached hydrogens (tertiary/aromatic N) is 4. The van der Waals surface area contributed by atoms with Crippen molar-refractivity contribution in [3.05, 3.63) is 54.5 Å². The van der Waals surface area contributed by atoms with Crippen molar-refractivity contribution in [2.75, 3.05) is 4.90 Å². The Balaban J connectivity index is 3.04. The number of nitriles is 1. The molecule has 0 bridgehead atoms. The molecule has 0 aliphatic rings. The first-order valence-corrected chi connectivity index (χ1v) is 4.73. The Morgan fingerprint density at radius 1 is 1.44 bits per heavy atom. The van der Waals surface area contributed by atoms with Crippen molar-refractivity contribution in [3.8, 4) is 6.07 Å². The summed E-state index contributed by atoms with van der Waals surface area (Å²) in [4.78, 5) is 1.56. The predicted molar refractivity (Wildman–Crippen MR) is 63.6 cm³/mol. The molecule has 5 heteroatoms. The summed E-state index contributed by atoms with van der Waals surface area (Å²) < 4.78 is 0. The summed E-state index contributed by atoms with van der Waals surface area (Å²) in [6, 6.07) is 5.25. The minimum atomic E-state index is 0.306. The zero-order valence-electron chi connectivity index (χ0n) is 8.47. The molecular formula is C11H9ClN4. The van der Waals surface area contributed by atoms with E-state index in [1.807, 2.05) is 6.07 Å². The Labute approximate surface area is 98.8 Å². The summed E-state index contributed by atoms with van der Waals surface area (Å²) in [5.74, 6) is 0.522. The highest BCUT2D eigenvalue weighted by molar-refractivity contribution is 6.29. The van der Waals surface area contributed by atoms with Crippen molar-refractivity contribution in [2.45, 2.75) is 0 Å². The Bertz CT molecular complexity index is 456.